The van der Waals surface area contributed by atoms with Gasteiger partial charge in [-0.05, 0) is 26.3 Å². The maximum absolute atomic E-state index is 11.5. The van der Waals surface area contributed by atoms with Gasteiger partial charge in [-0.1, -0.05) is 30.3 Å². The zero-order chi connectivity index (χ0) is 17.3. The zero-order valence-electron chi connectivity index (χ0n) is 13.7. The molecule has 0 saturated heterocycles. The van der Waals surface area contributed by atoms with Crippen LogP contribution in [0.15, 0.2) is 30.3 Å². The quantitative estimate of drug-likeness (QED) is 0.741. The van der Waals surface area contributed by atoms with Crippen molar-refractivity contribution in [1.29, 1.82) is 0 Å². The molecule has 7 nitrogen and oxygen atoms in total. The third kappa shape index (κ3) is 9.36. The van der Waals surface area contributed by atoms with E-state index in [1.54, 1.807) is 20.8 Å². The predicted molar refractivity (Wildman–Crippen MR) is 84.9 cm³/mol. The molecule has 0 aliphatic rings. The molecule has 2 amide bonds. The van der Waals surface area contributed by atoms with Crippen LogP contribution in [0.2, 0.25) is 0 Å². The number of hydrogen-bond donors (Lipinski definition) is 3. The van der Waals surface area contributed by atoms with Crippen molar-refractivity contribution in [3.05, 3.63) is 35.9 Å². The average molecular weight is 324 g/mol. The van der Waals surface area contributed by atoms with Crippen molar-refractivity contribution < 1.29 is 24.2 Å². The maximum Gasteiger partial charge on any atom is 0.407 e. The van der Waals surface area contributed by atoms with E-state index in [0.717, 1.165) is 5.56 Å². The highest BCUT2D eigenvalue weighted by Gasteiger charge is 2.17. The summed E-state index contributed by atoms with van der Waals surface area (Å²) in [5.74, 6) is 0. The number of carbonyl (C=O) groups excluding carboxylic acids is 2. The minimum atomic E-state index is -0.938. The zero-order valence-corrected chi connectivity index (χ0v) is 13.7. The van der Waals surface area contributed by atoms with Crippen LogP contribution in [-0.2, 0) is 16.1 Å². The molecule has 0 aromatic heterocycles. The van der Waals surface area contributed by atoms with Gasteiger partial charge in [-0.2, -0.15) is 0 Å². The fourth-order valence-corrected chi connectivity index (χ4v) is 1.56. The van der Waals surface area contributed by atoms with E-state index in [9.17, 15) is 14.7 Å². The highest BCUT2D eigenvalue weighted by molar-refractivity contribution is 5.68. The lowest BCUT2D eigenvalue weighted by molar-refractivity contribution is 0.0492. The molecule has 0 radical (unpaired) electrons. The number of benzene rings is 1. The Morgan fingerprint density at radius 3 is 2.22 bits per heavy atom. The minimum Gasteiger partial charge on any atom is -0.445 e. The molecular weight excluding hydrogens is 300 g/mol. The molecule has 3 N–H and O–H groups in total. The first-order chi connectivity index (χ1) is 10.8. The summed E-state index contributed by atoms with van der Waals surface area (Å²) in [6.45, 7) is 5.31. The van der Waals surface area contributed by atoms with Gasteiger partial charge in [0.15, 0.2) is 0 Å². The summed E-state index contributed by atoms with van der Waals surface area (Å²) in [6, 6.07) is 9.25. The first-order valence-corrected chi connectivity index (χ1v) is 7.36. The lowest BCUT2D eigenvalue weighted by Gasteiger charge is -2.20. The number of nitrogens with one attached hydrogen (secondary N) is 2. The molecule has 1 aromatic rings. The fraction of sp³-hybridized carbons (Fsp3) is 0.500. The number of ether oxygens (including phenoxy) is 2. The smallest absolute Gasteiger partial charge is 0.407 e. The number of amides is 2. The van der Waals surface area contributed by atoms with Gasteiger partial charge < -0.3 is 25.2 Å². The highest BCUT2D eigenvalue weighted by atomic mass is 16.6. The Morgan fingerprint density at radius 2 is 1.65 bits per heavy atom. The number of alkyl carbamates (subject to hydrolysis) is 2. The van der Waals surface area contributed by atoms with Gasteiger partial charge in [-0.25, -0.2) is 9.59 Å². The van der Waals surface area contributed by atoms with E-state index in [1.807, 2.05) is 30.3 Å². The Kier molecular flexibility index (Phi) is 7.34. The van der Waals surface area contributed by atoms with E-state index in [4.69, 9.17) is 9.47 Å². The second-order valence-electron chi connectivity index (χ2n) is 5.98. The summed E-state index contributed by atoms with van der Waals surface area (Å²) in [5.41, 5.74) is 0.268. The van der Waals surface area contributed by atoms with Crippen LogP contribution in [0.3, 0.4) is 0 Å². The molecular formula is C16H24N2O5. The van der Waals surface area contributed by atoms with E-state index < -0.39 is 23.9 Å². The molecule has 0 saturated carbocycles. The van der Waals surface area contributed by atoms with E-state index in [1.165, 1.54) is 0 Å². The average Bonchev–Trinajstić information content (AvgIpc) is 2.48. The molecule has 7 heteroatoms. The maximum atomic E-state index is 11.5. The molecule has 0 aliphatic heterocycles. The lowest BCUT2D eigenvalue weighted by atomic mass is 10.2. The van der Waals surface area contributed by atoms with E-state index >= 15 is 0 Å². The van der Waals surface area contributed by atoms with Crippen molar-refractivity contribution in [2.24, 2.45) is 0 Å². The van der Waals surface area contributed by atoms with Crippen molar-refractivity contribution in [3.63, 3.8) is 0 Å². The molecule has 0 spiro atoms. The van der Waals surface area contributed by atoms with Crippen LogP contribution in [0.5, 0.6) is 0 Å². The fourth-order valence-electron chi connectivity index (χ4n) is 1.56. The van der Waals surface area contributed by atoms with Crippen LogP contribution < -0.4 is 10.6 Å². The van der Waals surface area contributed by atoms with Crippen LogP contribution in [0.25, 0.3) is 0 Å². The summed E-state index contributed by atoms with van der Waals surface area (Å²) in [4.78, 5) is 22.9. The minimum absolute atomic E-state index is 0.0339. The topological polar surface area (TPSA) is 96.9 Å². The Hall–Kier alpha value is -2.28. The third-order valence-corrected chi connectivity index (χ3v) is 2.58. The second kappa shape index (κ2) is 8.99. The number of carbonyl (C=O) groups is 2. The lowest BCUT2D eigenvalue weighted by Crippen LogP contribution is -2.41. The molecule has 0 aliphatic carbocycles. The molecule has 1 unspecified atom stereocenters. The van der Waals surface area contributed by atoms with Crippen molar-refractivity contribution in [2.75, 3.05) is 13.1 Å². The summed E-state index contributed by atoms with van der Waals surface area (Å²) < 4.78 is 10.0. The van der Waals surface area contributed by atoms with Crippen molar-refractivity contribution in [3.8, 4) is 0 Å². The van der Waals surface area contributed by atoms with Crippen LogP contribution in [-0.4, -0.2) is 42.1 Å². The number of hydrogen-bond acceptors (Lipinski definition) is 5. The number of aliphatic hydroxyl groups is 1. The van der Waals surface area contributed by atoms with E-state index in [2.05, 4.69) is 10.6 Å². The third-order valence-electron chi connectivity index (χ3n) is 2.58. The molecule has 23 heavy (non-hydrogen) atoms. The van der Waals surface area contributed by atoms with E-state index in [0.29, 0.717) is 0 Å². The van der Waals surface area contributed by atoms with Gasteiger partial charge in [-0.15, -0.1) is 0 Å². The summed E-state index contributed by atoms with van der Waals surface area (Å²) in [7, 11) is 0. The summed E-state index contributed by atoms with van der Waals surface area (Å²) >= 11 is 0. The Balaban J connectivity index is 2.16. The van der Waals surface area contributed by atoms with Crippen molar-refractivity contribution in [1.82, 2.24) is 10.6 Å². The summed E-state index contributed by atoms with van der Waals surface area (Å²) in [6.07, 6.45) is -2.19. The first-order valence-electron chi connectivity index (χ1n) is 7.36. The van der Waals surface area contributed by atoms with Gasteiger partial charge in [0.05, 0.1) is 6.10 Å². The molecule has 1 rings (SSSR count). The second-order valence-corrected chi connectivity index (χ2v) is 5.98. The standard InChI is InChI=1S/C16H24N2O5/c1-16(2,3)23-15(21)18-10-13(19)9-17-14(20)22-11-12-7-5-4-6-8-12/h4-8,13,19H,9-11H2,1-3H3,(H,17,20)(H,18,21). The van der Waals surface area contributed by atoms with Crippen LogP contribution in [0.4, 0.5) is 9.59 Å². The van der Waals surface area contributed by atoms with Gasteiger partial charge in [0.25, 0.3) is 0 Å². The van der Waals surface area contributed by atoms with Crippen LogP contribution >= 0.6 is 0 Å². The van der Waals surface area contributed by atoms with Gasteiger partial charge in [0, 0.05) is 13.1 Å². The first kappa shape index (κ1) is 18.8. The summed E-state index contributed by atoms with van der Waals surface area (Å²) in [5, 5.41) is 14.5. The Morgan fingerprint density at radius 1 is 1.09 bits per heavy atom. The van der Waals surface area contributed by atoms with Gasteiger partial charge in [-0.3, -0.25) is 0 Å². The molecule has 1 atom stereocenters. The highest BCUT2D eigenvalue weighted by Crippen LogP contribution is 2.06. The molecule has 0 heterocycles. The van der Waals surface area contributed by atoms with Gasteiger partial charge in [0.1, 0.15) is 12.2 Å². The molecule has 0 bridgehead atoms. The molecule has 1 aromatic carbocycles. The number of rotatable bonds is 6. The molecule has 0 fully saturated rings. The van der Waals surface area contributed by atoms with Crippen molar-refractivity contribution in [2.45, 2.75) is 39.1 Å². The van der Waals surface area contributed by atoms with E-state index in [-0.39, 0.29) is 19.7 Å². The van der Waals surface area contributed by atoms with Gasteiger partial charge >= 0.3 is 12.2 Å². The normalized spacial score (nSPS) is 12.2. The number of aliphatic hydroxyl groups excluding tert-OH is 1. The van der Waals surface area contributed by atoms with Crippen LogP contribution in [0.1, 0.15) is 26.3 Å². The SMILES string of the molecule is CC(C)(C)OC(=O)NCC(O)CNC(=O)OCc1ccccc1. The molecule has 128 valence electrons. The Labute approximate surface area is 136 Å². The van der Waals surface area contributed by atoms with Crippen molar-refractivity contribution >= 4 is 12.2 Å². The van der Waals surface area contributed by atoms with Gasteiger partial charge in [0.2, 0.25) is 0 Å². The predicted octanol–water partition coefficient (Wildman–Crippen LogP) is 1.80. The Bertz CT molecular complexity index is 499. The van der Waals surface area contributed by atoms with Crippen LogP contribution in [0, 0.1) is 0 Å². The largest absolute Gasteiger partial charge is 0.445 e. The monoisotopic (exact) mass is 324 g/mol.